The smallest absolute Gasteiger partial charge is 0.223 e. The van der Waals surface area contributed by atoms with Gasteiger partial charge in [0.2, 0.25) is 10.3 Å². The number of nitrogens with zero attached hydrogens (tertiary/aromatic N) is 1. The van der Waals surface area contributed by atoms with E-state index < -0.39 is 0 Å². The van der Waals surface area contributed by atoms with Crippen LogP contribution in [0.2, 0.25) is 0 Å². The molecule has 1 fully saturated rings. The fourth-order valence-corrected chi connectivity index (χ4v) is 4.18. The SMILES string of the molecule is CCOC(=S)SC1CCC(=O)N1Cc1ccc(Oc2ccccc2)cc1. The Labute approximate surface area is 163 Å². The number of thioether (sulfide) groups is 1. The van der Waals surface area contributed by atoms with Crippen LogP contribution in [0.3, 0.4) is 0 Å². The van der Waals surface area contributed by atoms with Crippen LogP contribution in [0.1, 0.15) is 25.3 Å². The molecule has 4 nitrogen and oxygen atoms in total. The Hall–Kier alpha value is -2.05. The molecule has 0 aromatic heterocycles. The van der Waals surface area contributed by atoms with Crippen LogP contribution in [0.4, 0.5) is 0 Å². The Kier molecular flexibility index (Phi) is 6.52. The molecule has 0 radical (unpaired) electrons. The van der Waals surface area contributed by atoms with Gasteiger partial charge in [-0.3, -0.25) is 4.79 Å². The van der Waals surface area contributed by atoms with E-state index in [1.165, 1.54) is 11.8 Å². The van der Waals surface area contributed by atoms with Gasteiger partial charge in [-0.25, -0.2) is 0 Å². The van der Waals surface area contributed by atoms with Crippen molar-refractivity contribution in [2.45, 2.75) is 31.7 Å². The number of amides is 1. The largest absolute Gasteiger partial charge is 0.479 e. The summed E-state index contributed by atoms with van der Waals surface area (Å²) in [6, 6.07) is 17.5. The minimum atomic E-state index is 0.0433. The van der Waals surface area contributed by atoms with Crippen molar-refractivity contribution >= 4 is 34.3 Å². The number of carbonyl (C=O) groups is 1. The van der Waals surface area contributed by atoms with Crippen LogP contribution in [0.25, 0.3) is 0 Å². The van der Waals surface area contributed by atoms with Crippen molar-refractivity contribution in [3.63, 3.8) is 0 Å². The van der Waals surface area contributed by atoms with Crippen molar-refractivity contribution in [2.75, 3.05) is 6.61 Å². The summed E-state index contributed by atoms with van der Waals surface area (Å²) in [5, 5.41) is 0.0433. The molecule has 1 unspecified atom stereocenters. The zero-order valence-electron chi connectivity index (χ0n) is 14.6. The summed E-state index contributed by atoms with van der Waals surface area (Å²) in [4.78, 5) is 14.1. The van der Waals surface area contributed by atoms with E-state index in [2.05, 4.69) is 0 Å². The summed E-state index contributed by atoms with van der Waals surface area (Å²) >= 11 is 6.67. The molecule has 26 heavy (non-hydrogen) atoms. The molecule has 0 saturated carbocycles. The van der Waals surface area contributed by atoms with Crippen LogP contribution in [0.15, 0.2) is 54.6 Å². The van der Waals surface area contributed by atoms with Gasteiger partial charge in [-0.2, -0.15) is 0 Å². The fraction of sp³-hybridized carbons (Fsp3) is 0.300. The number of hydrogen-bond donors (Lipinski definition) is 0. The second kappa shape index (κ2) is 9.05. The first-order chi connectivity index (χ1) is 12.7. The fourth-order valence-electron chi connectivity index (χ4n) is 2.77. The van der Waals surface area contributed by atoms with Gasteiger partial charge in [-0.15, -0.1) is 0 Å². The third-order valence-electron chi connectivity index (χ3n) is 4.02. The van der Waals surface area contributed by atoms with E-state index in [0.717, 1.165) is 23.5 Å². The van der Waals surface area contributed by atoms with E-state index in [0.29, 0.717) is 24.0 Å². The summed E-state index contributed by atoms with van der Waals surface area (Å²) < 4.78 is 11.7. The molecule has 1 aliphatic heterocycles. The summed E-state index contributed by atoms with van der Waals surface area (Å²) in [5.74, 6) is 1.73. The molecule has 1 atom stereocenters. The van der Waals surface area contributed by atoms with Gasteiger partial charge < -0.3 is 14.4 Å². The maximum Gasteiger partial charge on any atom is 0.223 e. The molecule has 1 amide bonds. The second-order valence-corrected chi connectivity index (χ2v) is 7.65. The lowest BCUT2D eigenvalue weighted by Gasteiger charge is -2.24. The first-order valence-corrected chi connectivity index (χ1v) is 9.89. The predicted octanol–water partition coefficient (Wildman–Crippen LogP) is 4.98. The lowest BCUT2D eigenvalue weighted by atomic mass is 10.2. The lowest BCUT2D eigenvalue weighted by Crippen LogP contribution is -2.31. The monoisotopic (exact) mass is 387 g/mol. The van der Waals surface area contributed by atoms with Crippen molar-refractivity contribution in [3.05, 3.63) is 60.2 Å². The van der Waals surface area contributed by atoms with Crippen LogP contribution in [-0.4, -0.2) is 27.2 Å². The molecule has 0 aliphatic carbocycles. The van der Waals surface area contributed by atoms with E-state index in [9.17, 15) is 4.79 Å². The summed E-state index contributed by atoms with van der Waals surface area (Å²) in [6.07, 6.45) is 1.35. The van der Waals surface area contributed by atoms with Crippen molar-refractivity contribution in [3.8, 4) is 11.5 Å². The van der Waals surface area contributed by atoms with E-state index in [4.69, 9.17) is 21.7 Å². The molecule has 2 aromatic carbocycles. The van der Waals surface area contributed by atoms with Gasteiger partial charge in [0.15, 0.2) is 0 Å². The average Bonchev–Trinajstić information content (AvgIpc) is 2.98. The number of ether oxygens (including phenoxy) is 2. The van der Waals surface area contributed by atoms with E-state index in [1.54, 1.807) is 0 Å². The normalized spacial score (nSPS) is 16.6. The highest BCUT2D eigenvalue weighted by Crippen LogP contribution is 2.31. The predicted molar refractivity (Wildman–Crippen MR) is 108 cm³/mol. The Morgan fingerprint density at radius 1 is 1.15 bits per heavy atom. The standard InChI is InChI=1S/C20H21NO3S2/c1-2-23-20(25)26-19-13-12-18(22)21(19)14-15-8-10-17(11-9-15)24-16-6-4-3-5-7-16/h3-11,19H,2,12-14H2,1H3. The molecule has 1 aliphatic rings. The number of thiocarbonyl (C=S) groups is 1. The Morgan fingerprint density at radius 3 is 2.54 bits per heavy atom. The first kappa shape index (κ1) is 18.7. The number of carbonyl (C=O) groups excluding carboxylic acids is 1. The summed E-state index contributed by atoms with van der Waals surface area (Å²) in [7, 11) is 0. The number of hydrogen-bond acceptors (Lipinski definition) is 5. The quantitative estimate of drug-likeness (QED) is 0.654. The average molecular weight is 388 g/mol. The molecule has 1 heterocycles. The maximum absolute atomic E-state index is 12.2. The maximum atomic E-state index is 12.2. The van der Waals surface area contributed by atoms with Crippen molar-refractivity contribution in [1.82, 2.24) is 4.90 Å². The highest BCUT2D eigenvalue weighted by Gasteiger charge is 2.32. The zero-order valence-corrected chi connectivity index (χ0v) is 16.2. The molecular weight excluding hydrogens is 366 g/mol. The summed E-state index contributed by atoms with van der Waals surface area (Å²) in [5.41, 5.74) is 1.06. The number of likely N-dealkylation sites (tertiary alicyclic amines) is 1. The Balaban J connectivity index is 1.61. The summed E-state index contributed by atoms with van der Waals surface area (Å²) in [6.45, 7) is 3.02. The van der Waals surface area contributed by atoms with Crippen molar-refractivity contribution in [2.24, 2.45) is 0 Å². The highest BCUT2D eigenvalue weighted by molar-refractivity contribution is 8.23. The Morgan fingerprint density at radius 2 is 1.85 bits per heavy atom. The molecule has 0 spiro atoms. The van der Waals surface area contributed by atoms with Gasteiger partial charge in [0.25, 0.3) is 0 Å². The van der Waals surface area contributed by atoms with Gasteiger partial charge in [0.05, 0.1) is 12.0 Å². The molecule has 136 valence electrons. The van der Waals surface area contributed by atoms with Crippen LogP contribution in [0, 0.1) is 0 Å². The number of benzene rings is 2. The number of para-hydroxylation sites is 1. The van der Waals surface area contributed by atoms with Crippen LogP contribution < -0.4 is 4.74 Å². The van der Waals surface area contributed by atoms with E-state index >= 15 is 0 Å². The number of rotatable bonds is 6. The van der Waals surface area contributed by atoms with Crippen LogP contribution in [0.5, 0.6) is 11.5 Å². The zero-order chi connectivity index (χ0) is 18.4. The minimum absolute atomic E-state index is 0.0433. The van der Waals surface area contributed by atoms with Crippen LogP contribution in [-0.2, 0) is 16.1 Å². The molecule has 3 rings (SSSR count). The van der Waals surface area contributed by atoms with Gasteiger partial charge in [-0.05, 0) is 55.4 Å². The molecule has 1 saturated heterocycles. The molecular formula is C20H21NO3S2. The molecule has 2 aromatic rings. The van der Waals surface area contributed by atoms with E-state index in [1.807, 2.05) is 66.4 Å². The van der Waals surface area contributed by atoms with E-state index in [-0.39, 0.29) is 11.3 Å². The van der Waals surface area contributed by atoms with Gasteiger partial charge >= 0.3 is 0 Å². The lowest BCUT2D eigenvalue weighted by molar-refractivity contribution is -0.128. The van der Waals surface area contributed by atoms with Gasteiger partial charge in [-0.1, -0.05) is 42.1 Å². The van der Waals surface area contributed by atoms with Crippen molar-refractivity contribution in [1.29, 1.82) is 0 Å². The molecule has 0 bridgehead atoms. The van der Waals surface area contributed by atoms with Gasteiger partial charge in [0, 0.05) is 13.0 Å². The van der Waals surface area contributed by atoms with Crippen molar-refractivity contribution < 1.29 is 14.3 Å². The topological polar surface area (TPSA) is 38.8 Å². The second-order valence-electron chi connectivity index (χ2n) is 5.87. The first-order valence-electron chi connectivity index (χ1n) is 8.60. The minimum Gasteiger partial charge on any atom is -0.479 e. The molecule has 0 N–H and O–H groups in total. The van der Waals surface area contributed by atoms with Gasteiger partial charge in [0.1, 0.15) is 11.5 Å². The third-order valence-corrected chi connectivity index (χ3v) is 5.50. The van der Waals surface area contributed by atoms with Crippen LogP contribution >= 0.6 is 24.0 Å². The highest BCUT2D eigenvalue weighted by atomic mass is 32.2. The Bertz CT molecular complexity index is 749. The third kappa shape index (κ3) is 4.99. The molecule has 6 heteroatoms.